The summed E-state index contributed by atoms with van der Waals surface area (Å²) in [6.07, 6.45) is 0.694. The van der Waals surface area contributed by atoms with E-state index < -0.39 is 35.6 Å². The van der Waals surface area contributed by atoms with Gasteiger partial charge in [0, 0.05) is 37.6 Å². The first kappa shape index (κ1) is 27.5. The molecule has 3 N–H and O–H groups in total. The van der Waals surface area contributed by atoms with Gasteiger partial charge in [-0.2, -0.15) is 0 Å². The average molecular weight is 594 g/mol. The molecule has 5 rings (SSSR count). The van der Waals surface area contributed by atoms with Crippen molar-refractivity contribution in [2.24, 2.45) is 11.8 Å². The van der Waals surface area contributed by atoms with Crippen LogP contribution in [0.5, 0.6) is 0 Å². The summed E-state index contributed by atoms with van der Waals surface area (Å²) >= 11 is 3.69. The van der Waals surface area contributed by atoms with E-state index in [9.17, 15) is 19.5 Å². The van der Waals surface area contributed by atoms with Crippen molar-refractivity contribution < 1.29 is 29.0 Å². The minimum atomic E-state index is -1.16. The SMILES string of the molecule is CCCNC(=O)[C@H]1[C@H]2C(=O)N([C@H](CO)c3ccccc3)C(C(=O)NCCN3CCOCC3)C23CC(Br)[C@@H]1O3. The number of aliphatic hydroxyl groups excluding tert-OH is 1. The van der Waals surface area contributed by atoms with Gasteiger partial charge in [-0.15, -0.1) is 0 Å². The van der Waals surface area contributed by atoms with Crippen LogP contribution in [0.1, 0.15) is 31.4 Å². The van der Waals surface area contributed by atoms with Gasteiger partial charge in [-0.05, 0) is 18.4 Å². The summed E-state index contributed by atoms with van der Waals surface area (Å²) in [5.41, 5.74) is -0.433. The predicted octanol–water partition coefficient (Wildman–Crippen LogP) is 0.443. The first-order valence-electron chi connectivity index (χ1n) is 13.6. The number of amides is 3. The topological polar surface area (TPSA) is 120 Å². The van der Waals surface area contributed by atoms with Gasteiger partial charge in [0.1, 0.15) is 11.6 Å². The fourth-order valence-electron chi connectivity index (χ4n) is 6.66. The molecule has 4 heterocycles. The summed E-state index contributed by atoms with van der Waals surface area (Å²) in [6, 6.07) is 7.50. The molecule has 4 aliphatic heterocycles. The molecule has 2 bridgehead atoms. The lowest BCUT2D eigenvalue weighted by molar-refractivity contribution is -0.145. The van der Waals surface area contributed by atoms with Crippen molar-refractivity contribution in [1.82, 2.24) is 20.4 Å². The molecular weight excluding hydrogens is 556 g/mol. The predicted molar refractivity (Wildman–Crippen MR) is 142 cm³/mol. The fraction of sp³-hybridized carbons (Fsp3) is 0.667. The normalized spacial score (nSPS) is 33.3. The van der Waals surface area contributed by atoms with Gasteiger partial charge < -0.3 is 30.1 Å². The van der Waals surface area contributed by atoms with Crippen molar-refractivity contribution in [2.75, 3.05) is 52.5 Å². The van der Waals surface area contributed by atoms with Gasteiger partial charge in [-0.1, -0.05) is 53.2 Å². The number of carbonyl (C=O) groups excluding carboxylic acids is 3. The van der Waals surface area contributed by atoms with E-state index in [2.05, 4.69) is 31.5 Å². The lowest BCUT2D eigenvalue weighted by Gasteiger charge is -2.37. The first-order chi connectivity index (χ1) is 18.4. The van der Waals surface area contributed by atoms with Gasteiger partial charge in [0.25, 0.3) is 0 Å². The Labute approximate surface area is 231 Å². The molecule has 4 fully saturated rings. The summed E-state index contributed by atoms with van der Waals surface area (Å²) in [5.74, 6) is -2.38. The highest BCUT2D eigenvalue weighted by molar-refractivity contribution is 9.09. The van der Waals surface area contributed by atoms with Crippen LogP contribution in [0, 0.1) is 11.8 Å². The molecule has 1 spiro atoms. The molecule has 0 aromatic heterocycles. The molecule has 3 unspecified atom stereocenters. The van der Waals surface area contributed by atoms with Crippen molar-refractivity contribution in [3.05, 3.63) is 35.9 Å². The molecule has 38 heavy (non-hydrogen) atoms. The summed E-state index contributed by atoms with van der Waals surface area (Å²) in [7, 11) is 0. The number of ether oxygens (including phenoxy) is 2. The third kappa shape index (κ3) is 4.77. The van der Waals surface area contributed by atoms with Crippen molar-refractivity contribution >= 4 is 33.7 Å². The molecule has 7 atom stereocenters. The van der Waals surface area contributed by atoms with Crippen molar-refractivity contribution in [1.29, 1.82) is 0 Å². The number of benzene rings is 1. The summed E-state index contributed by atoms with van der Waals surface area (Å²) in [4.78, 5) is 45.0. The summed E-state index contributed by atoms with van der Waals surface area (Å²) in [5, 5.41) is 16.5. The molecule has 11 heteroatoms. The number of nitrogens with zero attached hydrogens (tertiary/aromatic N) is 2. The maximum absolute atomic E-state index is 14.2. The number of alkyl halides is 1. The third-order valence-corrected chi connectivity index (χ3v) is 9.20. The van der Waals surface area contributed by atoms with E-state index in [1.165, 1.54) is 4.90 Å². The minimum Gasteiger partial charge on any atom is -0.394 e. The number of halogens is 1. The van der Waals surface area contributed by atoms with Crippen LogP contribution in [0.25, 0.3) is 0 Å². The van der Waals surface area contributed by atoms with Crippen LogP contribution in [0.3, 0.4) is 0 Å². The zero-order valence-electron chi connectivity index (χ0n) is 21.7. The van der Waals surface area contributed by atoms with Crippen molar-refractivity contribution in [3.63, 3.8) is 0 Å². The maximum atomic E-state index is 14.2. The Bertz CT molecular complexity index is 1020. The molecule has 1 aromatic carbocycles. The Hall–Kier alpha value is -2.05. The average Bonchev–Trinajstić information content (AvgIpc) is 3.52. The molecular formula is C27H37BrN4O6. The highest BCUT2D eigenvalue weighted by Gasteiger charge is 2.77. The number of nitrogens with one attached hydrogen (secondary N) is 2. The van der Waals surface area contributed by atoms with Crippen LogP contribution in [0.4, 0.5) is 0 Å². The number of hydrogen-bond donors (Lipinski definition) is 3. The van der Waals surface area contributed by atoms with E-state index in [1.807, 2.05) is 37.3 Å². The molecule has 208 valence electrons. The van der Waals surface area contributed by atoms with E-state index in [0.717, 1.165) is 25.1 Å². The lowest BCUT2D eigenvalue weighted by atomic mass is 9.70. The third-order valence-electron chi connectivity index (χ3n) is 8.35. The molecule has 3 amide bonds. The van der Waals surface area contributed by atoms with E-state index >= 15 is 0 Å². The molecule has 4 aliphatic rings. The molecule has 0 radical (unpaired) electrons. The maximum Gasteiger partial charge on any atom is 0.245 e. The number of rotatable bonds is 10. The summed E-state index contributed by atoms with van der Waals surface area (Å²) in [6.45, 7) is 6.14. The van der Waals surface area contributed by atoms with Crippen LogP contribution in [0.2, 0.25) is 0 Å². The number of hydrogen-bond acceptors (Lipinski definition) is 7. The fourth-order valence-corrected chi connectivity index (χ4v) is 7.60. The first-order valence-corrected chi connectivity index (χ1v) is 14.5. The minimum absolute atomic E-state index is 0.170. The Morgan fingerprint density at radius 2 is 1.87 bits per heavy atom. The Morgan fingerprint density at radius 1 is 1.16 bits per heavy atom. The second kappa shape index (κ2) is 11.6. The molecule has 4 saturated heterocycles. The molecule has 0 saturated carbocycles. The van der Waals surface area contributed by atoms with Gasteiger partial charge >= 0.3 is 0 Å². The van der Waals surface area contributed by atoms with Gasteiger partial charge in [-0.25, -0.2) is 0 Å². The molecule has 10 nitrogen and oxygen atoms in total. The van der Waals surface area contributed by atoms with Crippen LogP contribution in [-0.2, 0) is 23.9 Å². The van der Waals surface area contributed by atoms with E-state index in [4.69, 9.17) is 9.47 Å². The Balaban J connectivity index is 1.47. The summed E-state index contributed by atoms with van der Waals surface area (Å²) < 4.78 is 11.9. The number of carbonyl (C=O) groups is 3. The van der Waals surface area contributed by atoms with E-state index in [-0.39, 0.29) is 29.2 Å². The quantitative estimate of drug-likeness (QED) is 0.337. The zero-order valence-corrected chi connectivity index (χ0v) is 23.3. The van der Waals surface area contributed by atoms with Crippen LogP contribution < -0.4 is 10.6 Å². The number of aliphatic hydroxyl groups is 1. The van der Waals surface area contributed by atoms with Gasteiger partial charge in [0.2, 0.25) is 17.7 Å². The second-order valence-corrected chi connectivity index (χ2v) is 11.7. The van der Waals surface area contributed by atoms with Gasteiger partial charge in [-0.3, -0.25) is 19.3 Å². The Morgan fingerprint density at radius 3 is 2.55 bits per heavy atom. The molecule has 1 aromatic rings. The highest BCUT2D eigenvalue weighted by Crippen LogP contribution is 2.61. The monoisotopic (exact) mass is 592 g/mol. The van der Waals surface area contributed by atoms with E-state index in [0.29, 0.717) is 39.3 Å². The standard InChI is InChI=1S/C27H37BrN4O6/c1-2-8-29-24(34)20-21-26(36)32(19(16-33)17-6-4-3-5-7-17)23(27(21)15-18(28)22(20)38-27)25(35)30-9-10-31-11-13-37-14-12-31/h3-7,18-23,33H,2,8-16H2,1H3,(H,29,34)(H,30,35)/t18?,19-,20+,21+,22+,23?,27?/m1/s1. The van der Waals surface area contributed by atoms with Crippen LogP contribution >= 0.6 is 15.9 Å². The van der Waals surface area contributed by atoms with Crippen LogP contribution in [0.15, 0.2) is 30.3 Å². The lowest BCUT2D eigenvalue weighted by Crippen LogP contribution is -2.57. The van der Waals surface area contributed by atoms with Crippen LogP contribution in [-0.4, -0.2) is 108 Å². The largest absolute Gasteiger partial charge is 0.394 e. The smallest absolute Gasteiger partial charge is 0.245 e. The number of morpholine rings is 1. The Kier molecular flexibility index (Phi) is 8.39. The highest BCUT2D eigenvalue weighted by atomic mass is 79.9. The van der Waals surface area contributed by atoms with Gasteiger partial charge in [0.15, 0.2) is 0 Å². The zero-order chi connectivity index (χ0) is 26.9. The molecule has 0 aliphatic carbocycles. The van der Waals surface area contributed by atoms with Crippen molar-refractivity contribution in [3.8, 4) is 0 Å². The van der Waals surface area contributed by atoms with Gasteiger partial charge in [0.05, 0.1) is 43.8 Å². The number of fused-ring (bicyclic) bond motifs is 1. The number of likely N-dealkylation sites (tertiary alicyclic amines) is 1. The van der Waals surface area contributed by atoms with Crippen molar-refractivity contribution in [2.45, 2.75) is 48.4 Å². The second-order valence-electron chi connectivity index (χ2n) is 10.6. The van der Waals surface area contributed by atoms with E-state index in [1.54, 1.807) is 0 Å².